The molecule has 5 aromatic rings. The highest BCUT2D eigenvalue weighted by Gasteiger charge is 2.44. The summed E-state index contributed by atoms with van der Waals surface area (Å²) in [5.74, 6) is 0.738. The van der Waals surface area contributed by atoms with Crippen molar-refractivity contribution in [3.05, 3.63) is 140 Å². The van der Waals surface area contributed by atoms with Crippen molar-refractivity contribution in [2.45, 2.75) is 37.3 Å². The summed E-state index contributed by atoms with van der Waals surface area (Å²) < 4.78 is 6.22. The van der Waals surface area contributed by atoms with Crippen LogP contribution >= 0.6 is 11.3 Å². The third-order valence-corrected chi connectivity index (χ3v) is 9.11. The first-order valence-electron chi connectivity index (χ1n) is 15.2. The molecule has 0 radical (unpaired) electrons. The lowest BCUT2D eigenvalue weighted by Gasteiger charge is -2.34. The van der Waals surface area contributed by atoms with Gasteiger partial charge in [-0.3, -0.25) is 4.79 Å². The molecule has 0 bridgehead atoms. The number of hydrogen-bond acceptors (Lipinski definition) is 10. The zero-order chi connectivity index (χ0) is 31.9. The molecule has 238 valence electrons. The van der Waals surface area contributed by atoms with Gasteiger partial charge in [0.1, 0.15) is 16.5 Å². The number of benzene rings is 3. The maximum Gasteiger partial charge on any atom is 0.248 e. The predicted molar refractivity (Wildman–Crippen MR) is 178 cm³/mol. The van der Waals surface area contributed by atoms with E-state index in [0.717, 1.165) is 33.2 Å². The molecule has 46 heavy (non-hydrogen) atoms. The largest absolute Gasteiger partial charge is 0.506 e. The van der Waals surface area contributed by atoms with Crippen molar-refractivity contribution in [2.24, 2.45) is 0 Å². The molecule has 11 heteroatoms. The number of pyridine rings is 1. The van der Waals surface area contributed by atoms with Crippen LogP contribution < -0.4 is 21.5 Å². The Labute approximate surface area is 270 Å². The maximum absolute atomic E-state index is 11.9. The van der Waals surface area contributed by atoms with Crippen LogP contribution in [0.3, 0.4) is 0 Å². The molecule has 0 amide bonds. The highest BCUT2D eigenvalue weighted by atomic mass is 32.1. The number of hydrogen-bond donors (Lipinski definition) is 7. The quantitative estimate of drug-likeness (QED) is 0.0901. The van der Waals surface area contributed by atoms with Crippen LogP contribution in [-0.4, -0.2) is 51.1 Å². The van der Waals surface area contributed by atoms with Gasteiger partial charge in [-0.25, -0.2) is 4.98 Å². The second-order valence-corrected chi connectivity index (χ2v) is 12.4. The molecule has 0 spiro atoms. The Morgan fingerprint density at radius 1 is 0.935 bits per heavy atom. The molecular weight excluding hydrogens is 602 g/mol. The monoisotopic (exact) mass is 639 g/mol. The van der Waals surface area contributed by atoms with Crippen LogP contribution in [0.5, 0.6) is 5.75 Å². The number of phenolic OH excluding ortho intramolecular Hbond substituents is 1. The van der Waals surface area contributed by atoms with Crippen LogP contribution in [0, 0.1) is 0 Å². The highest BCUT2D eigenvalue weighted by molar-refractivity contribution is 7.11. The Morgan fingerprint density at radius 3 is 2.39 bits per heavy atom. The Kier molecular flexibility index (Phi) is 9.76. The molecule has 0 fully saturated rings. The molecule has 0 saturated heterocycles. The van der Waals surface area contributed by atoms with Gasteiger partial charge in [-0.05, 0) is 35.2 Å². The number of nitrogens with zero attached hydrogens (tertiary/aromatic N) is 1. The Balaban J connectivity index is 0.933. The van der Waals surface area contributed by atoms with Gasteiger partial charge in [0.15, 0.2) is 5.60 Å². The van der Waals surface area contributed by atoms with Crippen LogP contribution in [0.15, 0.2) is 108 Å². The Morgan fingerprint density at radius 2 is 1.65 bits per heavy atom. The molecule has 3 heterocycles. The van der Waals surface area contributed by atoms with E-state index >= 15 is 0 Å². The van der Waals surface area contributed by atoms with Crippen LogP contribution in [0.1, 0.15) is 39.1 Å². The van der Waals surface area contributed by atoms with Gasteiger partial charge >= 0.3 is 0 Å². The van der Waals surface area contributed by atoms with Gasteiger partial charge in [0.05, 0.1) is 11.6 Å². The predicted octanol–water partition coefficient (Wildman–Crippen LogP) is 3.76. The van der Waals surface area contributed by atoms with Gasteiger partial charge in [0, 0.05) is 61.3 Å². The first-order valence-corrected chi connectivity index (χ1v) is 16.1. The second-order valence-electron chi connectivity index (χ2n) is 11.2. The van der Waals surface area contributed by atoms with E-state index in [1.165, 1.54) is 12.1 Å². The minimum atomic E-state index is -1.36. The molecular formula is C35H37N5O5S. The second kappa shape index (κ2) is 14.3. The van der Waals surface area contributed by atoms with E-state index in [9.17, 15) is 20.1 Å². The number of aromatic hydroxyl groups is 1. The minimum absolute atomic E-state index is 0.0304. The fourth-order valence-corrected chi connectivity index (χ4v) is 6.53. The molecule has 7 N–H and O–H groups in total. The lowest BCUT2D eigenvalue weighted by atomic mass is 9.84. The molecule has 1 unspecified atom stereocenters. The van der Waals surface area contributed by atoms with Gasteiger partial charge in [0.25, 0.3) is 0 Å². The van der Waals surface area contributed by atoms with Crippen molar-refractivity contribution in [2.75, 3.05) is 19.6 Å². The summed E-state index contributed by atoms with van der Waals surface area (Å²) in [5, 5.41) is 44.3. The van der Waals surface area contributed by atoms with E-state index in [2.05, 4.69) is 25.9 Å². The fraction of sp³-hybridized carbons (Fsp3) is 0.257. The molecule has 1 aliphatic rings. The number of aliphatic hydroxyl groups is 2. The summed E-state index contributed by atoms with van der Waals surface area (Å²) in [5.41, 5.74) is 0.788. The molecule has 0 aliphatic carbocycles. The number of aliphatic hydroxyl groups excluding tert-OH is 1. The molecule has 10 nitrogen and oxygen atoms in total. The van der Waals surface area contributed by atoms with Crippen molar-refractivity contribution in [1.82, 2.24) is 25.9 Å². The Hall–Kier alpha value is -4.52. The highest BCUT2D eigenvalue weighted by Crippen LogP contribution is 2.36. The number of fused-ring (bicyclic) bond motifs is 1. The average Bonchev–Trinajstić information content (AvgIpc) is 3.76. The third kappa shape index (κ3) is 6.99. The number of aromatic nitrogens is 2. The summed E-state index contributed by atoms with van der Waals surface area (Å²) in [6, 6.07) is 25.3. The summed E-state index contributed by atoms with van der Waals surface area (Å²) in [7, 11) is 0. The molecule has 2 atom stereocenters. The number of thiazole rings is 1. The summed E-state index contributed by atoms with van der Waals surface area (Å²) in [6.45, 7) is 2.31. The minimum Gasteiger partial charge on any atom is -0.506 e. The number of ether oxygens (including phenoxy) is 1. The standard InChI is InChI=1S/C35H37N5O5S/c41-29-13-11-27(28-12-14-31(43)40-33(28)29)30(42)21-36-18-16-26-20-38-32(46-26)22-37-17-15-25-19-39-34(45-25)35(44,23-7-3-1-4-8-23)24-9-5-2-6-10-24/h1-14,19-20,30,34,36-37,39,41-42,44H,15-18,21-22H2,(H,40,43)/t30-,34?/m0/s1. The number of phenols is 1. The van der Waals surface area contributed by atoms with Crippen LogP contribution in [0.2, 0.25) is 0 Å². The zero-order valence-corrected chi connectivity index (χ0v) is 26.0. The number of H-pyrrole nitrogens is 1. The number of rotatable bonds is 14. The average molecular weight is 640 g/mol. The number of aromatic amines is 1. The molecule has 2 aromatic heterocycles. The molecule has 3 aromatic carbocycles. The van der Waals surface area contributed by atoms with E-state index in [0.29, 0.717) is 49.1 Å². The van der Waals surface area contributed by atoms with Gasteiger partial charge in [0.2, 0.25) is 11.8 Å². The van der Waals surface area contributed by atoms with E-state index in [4.69, 9.17) is 4.74 Å². The first kappa shape index (κ1) is 31.5. The van der Waals surface area contributed by atoms with Crippen LogP contribution in [-0.2, 0) is 23.3 Å². The molecule has 6 rings (SSSR count). The fourth-order valence-electron chi connectivity index (χ4n) is 5.64. The summed E-state index contributed by atoms with van der Waals surface area (Å²) in [6.07, 6.45) is 3.68. The van der Waals surface area contributed by atoms with Gasteiger partial charge in [-0.2, -0.15) is 0 Å². The lowest BCUT2D eigenvalue weighted by molar-refractivity contribution is -0.0644. The number of nitrogens with one attached hydrogen (secondary N) is 4. The van der Waals surface area contributed by atoms with Crippen LogP contribution in [0.25, 0.3) is 10.9 Å². The van der Waals surface area contributed by atoms with E-state index in [1.807, 2.05) is 73.1 Å². The zero-order valence-electron chi connectivity index (χ0n) is 25.1. The SMILES string of the molecule is O=c1ccc2c([C@@H](O)CNCCc3cnc(CNCCC4=CNC(C(O)(c5ccccc5)c5ccccc5)O4)s3)ccc(O)c2[nH]1. The van der Waals surface area contributed by atoms with Gasteiger partial charge in [-0.1, -0.05) is 66.7 Å². The van der Waals surface area contributed by atoms with E-state index in [-0.39, 0.29) is 11.3 Å². The smallest absolute Gasteiger partial charge is 0.248 e. The molecule has 1 aliphatic heterocycles. The Bertz CT molecular complexity index is 1800. The maximum atomic E-state index is 11.9. The first-order chi connectivity index (χ1) is 22.4. The van der Waals surface area contributed by atoms with Crippen LogP contribution in [0.4, 0.5) is 0 Å². The third-order valence-electron chi connectivity index (χ3n) is 8.05. The lowest BCUT2D eigenvalue weighted by Crippen LogP contribution is -2.47. The summed E-state index contributed by atoms with van der Waals surface area (Å²) in [4.78, 5) is 20.0. The van der Waals surface area contributed by atoms with Crippen molar-refractivity contribution in [1.29, 1.82) is 0 Å². The van der Waals surface area contributed by atoms with E-state index < -0.39 is 17.9 Å². The summed E-state index contributed by atoms with van der Waals surface area (Å²) >= 11 is 1.65. The van der Waals surface area contributed by atoms with Crippen molar-refractivity contribution < 1.29 is 20.1 Å². The van der Waals surface area contributed by atoms with Crippen molar-refractivity contribution in [3.8, 4) is 5.75 Å². The normalized spacial score (nSPS) is 15.3. The van der Waals surface area contributed by atoms with E-state index in [1.54, 1.807) is 23.5 Å². The van der Waals surface area contributed by atoms with Crippen molar-refractivity contribution in [3.63, 3.8) is 0 Å². The molecule has 0 saturated carbocycles. The van der Waals surface area contributed by atoms with Gasteiger partial charge in [-0.15, -0.1) is 11.3 Å². The topological polar surface area (TPSA) is 152 Å². The van der Waals surface area contributed by atoms with Gasteiger partial charge < -0.3 is 41.0 Å². The van der Waals surface area contributed by atoms with Crippen molar-refractivity contribution >= 4 is 22.2 Å².